The van der Waals surface area contributed by atoms with Crippen LogP contribution in [0.15, 0.2) is 72.8 Å². The number of nitrogens with zero attached hydrogens (tertiary/aromatic N) is 1. The zero-order valence-corrected chi connectivity index (χ0v) is 18.7. The van der Waals surface area contributed by atoms with Gasteiger partial charge in [-0.2, -0.15) is 0 Å². The second-order valence-corrected chi connectivity index (χ2v) is 8.62. The number of carbonyl (C=O) groups is 2. The van der Waals surface area contributed by atoms with E-state index in [4.69, 9.17) is 5.73 Å². The molecule has 7 heteroatoms. The van der Waals surface area contributed by atoms with Crippen LogP contribution in [0, 0.1) is 11.6 Å². The molecule has 2 unspecified atom stereocenters. The number of amides is 2. The Morgan fingerprint density at radius 2 is 1.59 bits per heavy atom. The van der Waals surface area contributed by atoms with Crippen LogP contribution in [0.25, 0.3) is 0 Å². The fourth-order valence-electron chi connectivity index (χ4n) is 4.35. The molecular formula is C27H27F2N3O2. The zero-order valence-electron chi connectivity index (χ0n) is 18.7. The fourth-order valence-corrected chi connectivity index (χ4v) is 4.35. The molecule has 2 atom stereocenters. The van der Waals surface area contributed by atoms with Crippen LogP contribution in [0.5, 0.6) is 0 Å². The van der Waals surface area contributed by atoms with Crippen LogP contribution in [0.4, 0.5) is 14.5 Å². The van der Waals surface area contributed by atoms with Gasteiger partial charge in [0.25, 0.3) is 11.8 Å². The van der Waals surface area contributed by atoms with Crippen molar-refractivity contribution < 1.29 is 18.4 Å². The van der Waals surface area contributed by atoms with Gasteiger partial charge in [0, 0.05) is 35.4 Å². The van der Waals surface area contributed by atoms with Crippen molar-refractivity contribution in [2.24, 2.45) is 5.73 Å². The van der Waals surface area contributed by atoms with Crippen molar-refractivity contribution in [2.45, 2.75) is 44.3 Å². The Morgan fingerprint density at radius 3 is 2.26 bits per heavy atom. The molecule has 0 bridgehead atoms. The summed E-state index contributed by atoms with van der Waals surface area (Å²) in [6.07, 6.45) is 3.65. The van der Waals surface area contributed by atoms with E-state index in [2.05, 4.69) is 5.32 Å². The highest BCUT2D eigenvalue weighted by molar-refractivity contribution is 6.04. The van der Waals surface area contributed by atoms with E-state index in [0.717, 1.165) is 31.2 Å². The maximum atomic E-state index is 13.8. The summed E-state index contributed by atoms with van der Waals surface area (Å²) < 4.78 is 26.9. The van der Waals surface area contributed by atoms with Crippen molar-refractivity contribution in [3.63, 3.8) is 0 Å². The summed E-state index contributed by atoms with van der Waals surface area (Å²) in [6.45, 7) is 0.319. The predicted octanol–water partition coefficient (Wildman–Crippen LogP) is 5.13. The smallest absolute Gasteiger partial charge is 0.255 e. The van der Waals surface area contributed by atoms with Gasteiger partial charge in [0.1, 0.15) is 11.6 Å². The van der Waals surface area contributed by atoms with Crippen LogP contribution in [-0.2, 0) is 6.54 Å². The average Bonchev–Trinajstić information content (AvgIpc) is 2.84. The van der Waals surface area contributed by atoms with E-state index in [1.54, 1.807) is 23.1 Å². The monoisotopic (exact) mass is 463 g/mol. The first-order valence-electron chi connectivity index (χ1n) is 11.4. The van der Waals surface area contributed by atoms with Gasteiger partial charge in [-0.3, -0.25) is 9.59 Å². The highest BCUT2D eigenvalue weighted by atomic mass is 19.1. The minimum absolute atomic E-state index is 0.137. The zero-order chi connectivity index (χ0) is 24.1. The molecular weight excluding hydrogens is 436 g/mol. The van der Waals surface area contributed by atoms with E-state index in [1.165, 1.54) is 42.5 Å². The van der Waals surface area contributed by atoms with E-state index in [9.17, 15) is 18.4 Å². The van der Waals surface area contributed by atoms with Gasteiger partial charge in [-0.1, -0.05) is 31.0 Å². The van der Waals surface area contributed by atoms with Crippen LogP contribution in [0.2, 0.25) is 0 Å². The Morgan fingerprint density at radius 1 is 0.882 bits per heavy atom. The van der Waals surface area contributed by atoms with Gasteiger partial charge in [0.2, 0.25) is 0 Å². The molecule has 0 aliphatic heterocycles. The molecule has 1 fully saturated rings. The molecule has 34 heavy (non-hydrogen) atoms. The van der Waals surface area contributed by atoms with Crippen LogP contribution < -0.4 is 11.1 Å². The minimum Gasteiger partial charge on any atom is -0.330 e. The Hall–Kier alpha value is -3.58. The van der Waals surface area contributed by atoms with Crippen molar-refractivity contribution >= 4 is 17.5 Å². The lowest BCUT2D eigenvalue weighted by molar-refractivity contribution is 0.0583. The lowest BCUT2D eigenvalue weighted by Crippen LogP contribution is -2.51. The first-order valence-corrected chi connectivity index (χ1v) is 11.4. The van der Waals surface area contributed by atoms with E-state index < -0.39 is 11.6 Å². The Labute approximate surface area is 197 Å². The van der Waals surface area contributed by atoms with Gasteiger partial charge in [-0.15, -0.1) is 0 Å². The van der Waals surface area contributed by atoms with Crippen molar-refractivity contribution in [2.75, 3.05) is 5.32 Å². The van der Waals surface area contributed by atoms with Crippen molar-refractivity contribution in [1.82, 2.24) is 4.90 Å². The molecule has 5 nitrogen and oxygen atoms in total. The molecule has 3 aromatic rings. The fraction of sp³-hybridized carbons (Fsp3) is 0.259. The molecule has 0 heterocycles. The number of hydrogen-bond donors (Lipinski definition) is 2. The second-order valence-electron chi connectivity index (χ2n) is 8.62. The molecule has 3 aromatic carbocycles. The van der Waals surface area contributed by atoms with Gasteiger partial charge in [-0.05, 0) is 73.0 Å². The van der Waals surface area contributed by atoms with E-state index >= 15 is 0 Å². The van der Waals surface area contributed by atoms with Crippen molar-refractivity contribution in [3.05, 3.63) is 101 Å². The van der Waals surface area contributed by atoms with Crippen LogP contribution >= 0.6 is 0 Å². The first-order chi connectivity index (χ1) is 16.4. The largest absolute Gasteiger partial charge is 0.330 e. The van der Waals surface area contributed by atoms with E-state index in [-0.39, 0.29) is 23.9 Å². The molecule has 0 spiro atoms. The van der Waals surface area contributed by atoms with E-state index in [0.29, 0.717) is 23.4 Å². The Balaban J connectivity index is 1.51. The maximum Gasteiger partial charge on any atom is 0.255 e. The van der Waals surface area contributed by atoms with Gasteiger partial charge >= 0.3 is 0 Å². The average molecular weight is 464 g/mol. The molecule has 1 saturated carbocycles. The van der Waals surface area contributed by atoms with Gasteiger partial charge in [0.05, 0.1) is 0 Å². The Kier molecular flexibility index (Phi) is 7.33. The van der Waals surface area contributed by atoms with Crippen LogP contribution in [0.3, 0.4) is 0 Å². The van der Waals surface area contributed by atoms with E-state index in [1.807, 2.05) is 12.1 Å². The molecule has 0 aromatic heterocycles. The summed E-state index contributed by atoms with van der Waals surface area (Å²) in [5.74, 6) is -1.46. The van der Waals surface area contributed by atoms with Crippen molar-refractivity contribution in [3.8, 4) is 0 Å². The minimum atomic E-state index is -0.458. The topological polar surface area (TPSA) is 75.4 Å². The van der Waals surface area contributed by atoms with Gasteiger partial charge < -0.3 is 16.0 Å². The molecule has 2 amide bonds. The summed E-state index contributed by atoms with van der Waals surface area (Å²) in [6, 6.07) is 17.9. The standard InChI is InChI=1S/C27H27F2N3O2/c28-21-12-10-19(11-13-21)26(33)31-23-14-8-18(9-15-23)17-32(25-7-2-1-6-24(25)30)27(34)20-4-3-5-22(29)16-20/h3-5,8-16,24-25H,1-2,6-7,17,30H2,(H,31,33). The number of nitrogens with one attached hydrogen (secondary N) is 1. The quantitative estimate of drug-likeness (QED) is 0.532. The number of benzene rings is 3. The number of rotatable bonds is 6. The maximum absolute atomic E-state index is 13.8. The summed E-state index contributed by atoms with van der Waals surface area (Å²) in [5, 5.41) is 2.78. The molecule has 3 N–H and O–H groups in total. The third kappa shape index (κ3) is 5.66. The molecule has 4 rings (SSSR count). The second kappa shape index (κ2) is 10.6. The number of hydrogen-bond acceptors (Lipinski definition) is 3. The molecule has 0 radical (unpaired) electrons. The van der Waals surface area contributed by atoms with Crippen LogP contribution in [-0.4, -0.2) is 28.8 Å². The normalized spacial score (nSPS) is 17.7. The lowest BCUT2D eigenvalue weighted by Gasteiger charge is -2.38. The molecule has 1 aliphatic carbocycles. The number of carbonyl (C=O) groups excluding carboxylic acids is 2. The summed E-state index contributed by atoms with van der Waals surface area (Å²) in [5.41, 5.74) is 8.47. The lowest BCUT2D eigenvalue weighted by atomic mass is 9.89. The van der Waals surface area contributed by atoms with Gasteiger partial charge in [0.15, 0.2) is 0 Å². The Bertz CT molecular complexity index is 1150. The third-order valence-electron chi connectivity index (χ3n) is 6.19. The number of halogens is 2. The van der Waals surface area contributed by atoms with Gasteiger partial charge in [-0.25, -0.2) is 8.78 Å². The SMILES string of the molecule is NC1CCCCC1N(Cc1ccc(NC(=O)c2ccc(F)cc2)cc1)C(=O)c1cccc(F)c1. The molecule has 1 aliphatic rings. The summed E-state index contributed by atoms with van der Waals surface area (Å²) >= 11 is 0. The predicted molar refractivity (Wildman–Crippen MR) is 127 cm³/mol. The number of nitrogens with two attached hydrogens (primary N) is 1. The first kappa shape index (κ1) is 23.6. The highest BCUT2D eigenvalue weighted by Crippen LogP contribution is 2.26. The van der Waals surface area contributed by atoms with Crippen molar-refractivity contribution in [1.29, 1.82) is 0 Å². The van der Waals surface area contributed by atoms with Crippen LogP contribution in [0.1, 0.15) is 52.0 Å². The third-order valence-corrected chi connectivity index (χ3v) is 6.19. The summed E-state index contributed by atoms with van der Waals surface area (Å²) in [4.78, 5) is 27.5. The molecule has 176 valence electrons. The summed E-state index contributed by atoms with van der Waals surface area (Å²) in [7, 11) is 0. The number of anilines is 1. The molecule has 0 saturated heterocycles. The highest BCUT2D eigenvalue weighted by Gasteiger charge is 2.31.